The molecule has 0 saturated carbocycles. The van der Waals surface area contributed by atoms with Crippen LogP contribution >= 0.6 is 15.9 Å². The molecule has 0 radical (unpaired) electrons. The number of ether oxygens (including phenoxy) is 2. The molecule has 0 aliphatic heterocycles. The summed E-state index contributed by atoms with van der Waals surface area (Å²) >= 11 is 3.45. The molecule has 0 heterocycles. The van der Waals surface area contributed by atoms with Gasteiger partial charge in [0.05, 0.1) is 18.9 Å². The second-order valence-electron chi connectivity index (χ2n) is 5.86. The first kappa shape index (κ1) is 19.6. The number of carbonyl (C=O) groups is 1. The van der Waals surface area contributed by atoms with Gasteiger partial charge in [-0.3, -0.25) is 4.79 Å². The van der Waals surface area contributed by atoms with Crippen LogP contribution in [0.1, 0.15) is 21.5 Å². The molecule has 3 aromatic rings. The highest BCUT2D eigenvalue weighted by atomic mass is 79.9. The van der Waals surface area contributed by atoms with Crippen molar-refractivity contribution in [3.63, 3.8) is 0 Å². The van der Waals surface area contributed by atoms with Gasteiger partial charge in [-0.25, -0.2) is 5.43 Å². The van der Waals surface area contributed by atoms with Crippen LogP contribution in [0.2, 0.25) is 0 Å². The molecule has 5 nitrogen and oxygen atoms in total. The summed E-state index contributed by atoms with van der Waals surface area (Å²) in [4.78, 5) is 12.3. The van der Waals surface area contributed by atoms with Crippen LogP contribution in [-0.2, 0) is 6.61 Å². The molecule has 0 bridgehead atoms. The summed E-state index contributed by atoms with van der Waals surface area (Å²) in [6.07, 6.45) is 1.56. The zero-order chi connectivity index (χ0) is 19.8. The van der Waals surface area contributed by atoms with Crippen molar-refractivity contribution in [1.82, 2.24) is 5.43 Å². The molecule has 3 aromatic carbocycles. The van der Waals surface area contributed by atoms with E-state index in [1.165, 1.54) is 7.11 Å². The Balaban J connectivity index is 1.66. The van der Waals surface area contributed by atoms with Crippen molar-refractivity contribution in [3.8, 4) is 11.5 Å². The van der Waals surface area contributed by atoms with Gasteiger partial charge in [0.1, 0.15) is 18.1 Å². The topological polar surface area (TPSA) is 59.9 Å². The Morgan fingerprint density at radius 2 is 1.79 bits per heavy atom. The van der Waals surface area contributed by atoms with E-state index in [9.17, 15) is 4.79 Å². The molecule has 0 unspecified atom stereocenters. The number of halogens is 1. The third-order valence-corrected chi connectivity index (χ3v) is 4.42. The number of para-hydroxylation sites is 2. The molecule has 0 spiro atoms. The van der Waals surface area contributed by atoms with E-state index in [4.69, 9.17) is 9.47 Å². The second kappa shape index (κ2) is 9.71. The maximum atomic E-state index is 12.3. The van der Waals surface area contributed by atoms with E-state index in [2.05, 4.69) is 26.5 Å². The van der Waals surface area contributed by atoms with E-state index in [0.29, 0.717) is 23.7 Å². The zero-order valence-corrected chi connectivity index (χ0v) is 16.8. The first-order chi connectivity index (χ1) is 13.7. The highest BCUT2D eigenvalue weighted by Gasteiger charge is 2.10. The third-order valence-electron chi connectivity index (χ3n) is 3.92. The van der Waals surface area contributed by atoms with Crippen LogP contribution < -0.4 is 14.9 Å². The smallest absolute Gasteiger partial charge is 0.275 e. The lowest BCUT2D eigenvalue weighted by molar-refractivity contribution is 0.0952. The van der Waals surface area contributed by atoms with Crippen molar-refractivity contribution >= 4 is 28.1 Å². The van der Waals surface area contributed by atoms with E-state index in [-0.39, 0.29) is 5.91 Å². The van der Waals surface area contributed by atoms with Crippen LogP contribution in [-0.4, -0.2) is 19.2 Å². The van der Waals surface area contributed by atoms with E-state index in [1.54, 1.807) is 30.5 Å². The van der Waals surface area contributed by atoms with Crippen molar-refractivity contribution < 1.29 is 14.3 Å². The number of rotatable bonds is 7. The fourth-order valence-corrected chi connectivity index (χ4v) is 3.01. The van der Waals surface area contributed by atoms with Crippen LogP contribution in [0.4, 0.5) is 0 Å². The molecule has 142 valence electrons. The molecule has 3 rings (SSSR count). The summed E-state index contributed by atoms with van der Waals surface area (Å²) in [5, 5.41) is 4.06. The van der Waals surface area contributed by atoms with Gasteiger partial charge in [0.15, 0.2) is 0 Å². The third kappa shape index (κ3) is 5.20. The Kier molecular flexibility index (Phi) is 6.81. The SMILES string of the molecule is COc1ccccc1C(=O)NN=Cc1ccccc1OCc1cccc(Br)c1. The summed E-state index contributed by atoms with van der Waals surface area (Å²) in [6.45, 7) is 0.428. The standard InChI is InChI=1S/C22H19BrN2O3/c1-27-21-12-5-3-10-19(21)22(26)25-24-14-17-8-2-4-11-20(17)28-15-16-7-6-9-18(23)13-16/h2-14H,15H2,1H3,(H,25,26). The van der Waals surface area contributed by atoms with Gasteiger partial charge < -0.3 is 9.47 Å². The molecule has 0 aromatic heterocycles. The van der Waals surface area contributed by atoms with Crippen molar-refractivity contribution in [2.75, 3.05) is 7.11 Å². The van der Waals surface area contributed by atoms with Gasteiger partial charge in [-0.15, -0.1) is 0 Å². The van der Waals surface area contributed by atoms with Gasteiger partial charge in [0, 0.05) is 10.0 Å². The molecule has 0 aliphatic rings. The van der Waals surface area contributed by atoms with Crippen molar-refractivity contribution in [2.45, 2.75) is 6.61 Å². The number of hydrogen-bond acceptors (Lipinski definition) is 4. The Morgan fingerprint density at radius 3 is 2.57 bits per heavy atom. The quantitative estimate of drug-likeness (QED) is 0.425. The average molecular weight is 439 g/mol. The minimum atomic E-state index is -0.346. The second-order valence-corrected chi connectivity index (χ2v) is 6.77. The first-order valence-corrected chi connectivity index (χ1v) is 9.39. The van der Waals surface area contributed by atoms with Crippen LogP contribution in [0.3, 0.4) is 0 Å². The normalized spacial score (nSPS) is 10.6. The van der Waals surface area contributed by atoms with Crippen molar-refractivity contribution in [3.05, 3.63) is 94.0 Å². The van der Waals surface area contributed by atoms with Crippen molar-refractivity contribution in [2.24, 2.45) is 5.10 Å². The lowest BCUT2D eigenvalue weighted by Crippen LogP contribution is -2.18. The molecular formula is C22H19BrN2O3. The van der Waals surface area contributed by atoms with E-state index in [0.717, 1.165) is 15.6 Å². The molecule has 0 fully saturated rings. The number of nitrogens with zero attached hydrogens (tertiary/aromatic N) is 1. The van der Waals surface area contributed by atoms with E-state index >= 15 is 0 Å². The maximum Gasteiger partial charge on any atom is 0.275 e. The number of carbonyl (C=O) groups excluding carboxylic acids is 1. The average Bonchev–Trinajstić information content (AvgIpc) is 2.73. The summed E-state index contributed by atoms with van der Waals surface area (Å²) in [5.74, 6) is 0.826. The molecule has 1 N–H and O–H groups in total. The van der Waals surface area contributed by atoms with Crippen molar-refractivity contribution in [1.29, 1.82) is 0 Å². The van der Waals surface area contributed by atoms with Gasteiger partial charge >= 0.3 is 0 Å². The van der Waals surface area contributed by atoms with Crippen LogP contribution in [0, 0.1) is 0 Å². The Bertz CT molecular complexity index is 989. The largest absolute Gasteiger partial charge is 0.496 e. The number of methoxy groups -OCH3 is 1. The predicted molar refractivity (Wildman–Crippen MR) is 113 cm³/mol. The summed E-state index contributed by atoms with van der Waals surface area (Å²) in [6, 6.07) is 22.4. The summed E-state index contributed by atoms with van der Waals surface area (Å²) in [7, 11) is 1.52. The van der Waals surface area contributed by atoms with E-state index < -0.39 is 0 Å². The lowest BCUT2D eigenvalue weighted by atomic mass is 10.2. The summed E-state index contributed by atoms with van der Waals surface area (Å²) < 4.78 is 12.1. The van der Waals surface area contributed by atoms with Gasteiger partial charge in [-0.05, 0) is 42.0 Å². The first-order valence-electron chi connectivity index (χ1n) is 8.60. The number of hydrazone groups is 1. The minimum absolute atomic E-state index is 0.346. The Hall–Kier alpha value is -3.12. The monoisotopic (exact) mass is 438 g/mol. The highest BCUT2D eigenvalue weighted by molar-refractivity contribution is 9.10. The van der Waals surface area contributed by atoms with Gasteiger partial charge in [0.25, 0.3) is 5.91 Å². The molecule has 28 heavy (non-hydrogen) atoms. The number of benzene rings is 3. The van der Waals surface area contributed by atoms with Gasteiger partial charge in [-0.1, -0.05) is 52.3 Å². The zero-order valence-electron chi connectivity index (χ0n) is 15.3. The minimum Gasteiger partial charge on any atom is -0.496 e. The van der Waals surface area contributed by atoms with E-state index in [1.807, 2.05) is 48.5 Å². The fraction of sp³-hybridized carbons (Fsp3) is 0.0909. The molecule has 0 saturated heterocycles. The molecule has 0 aliphatic carbocycles. The van der Waals surface area contributed by atoms with Crippen LogP contribution in [0.25, 0.3) is 0 Å². The number of nitrogens with one attached hydrogen (secondary N) is 1. The molecule has 6 heteroatoms. The molecule has 0 atom stereocenters. The fourth-order valence-electron chi connectivity index (χ4n) is 2.56. The maximum absolute atomic E-state index is 12.3. The lowest BCUT2D eigenvalue weighted by Gasteiger charge is -2.09. The number of hydrogen-bond donors (Lipinski definition) is 1. The molecular weight excluding hydrogens is 420 g/mol. The van der Waals surface area contributed by atoms with Gasteiger partial charge in [0.2, 0.25) is 0 Å². The Labute approximate surface area is 172 Å². The van der Waals surface area contributed by atoms with Crippen LogP contribution in [0.15, 0.2) is 82.4 Å². The molecule has 1 amide bonds. The predicted octanol–water partition coefficient (Wildman–Crippen LogP) is 4.80. The summed E-state index contributed by atoms with van der Waals surface area (Å²) in [5.41, 5.74) is 4.75. The number of amides is 1. The highest BCUT2D eigenvalue weighted by Crippen LogP contribution is 2.19. The van der Waals surface area contributed by atoms with Crippen LogP contribution in [0.5, 0.6) is 11.5 Å². The van der Waals surface area contributed by atoms with Gasteiger partial charge in [-0.2, -0.15) is 5.10 Å². The Morgan fingerprint density at radius 1 is 1.04 bits per heavy atom.